The molecule has 0 saturated heterocycles. The highest BCUT2D eigenvalue weighted by molar-refractivity contribution is 5.94. The van der Waals surface area contributed by atoms with Crippen molar-refractivity contribution >= 4 is 23.7 Å². The van der Waals surface area contributed by atoms with Gasteiger partial charge >= 0.3 is 5.97 Å². The van der Waals surface area contributed by atoms with Crippen molar-refractivity contribution in [2.75, 3.05) is 6.61 Å². The third kappa shape index (κ3) is 6.92. The summed E-state index contributed by atoms with van der Waals surface area (Å²) < 4.78 is 0. The van der Waals surface area contributed by atoms with Crippen LogP contribution >= 0.6 is 0 Å². The molecule has 0 aliphatic carbocycles. The normalized spacial score (nSPS) is 15.8. The van der Waals surface area contributed by atoms with Gasteiger partial charge in [-0.05, 0) is 19.8 Å². The first-order valence-corrected chi connectivity index (χ1v) is 7.51. The predicted molar refractivity (Wildman–Crippen MR) is 84.7 cm³/mol. The molecule has 0 aromatic carbocycles. The van der Waals surface area contributed by atoms with E-state index in [4.69, 9.17) is 10.8 Å². The van der Waals surface area contributed by atoms with Crippen molar-refractivity contribution in [3.8, 4) is 0 Å². The Morgan fingerprint density at radius 1 is 0.917 bits per heavy atom. The first-order chi connectivity index (χ1) is 11.0. The van der Waals surface area contributed by atoms with Gasteiger partial charge in [-0.3, -0.25) is 19.2 Å². The zero-order chi connectivity index (χ0) is 19.0. The molecule has 0 spiro atoms. The van der Waals surface area contributed by atoms with Crippen molar-refractivity contribution in [2.45, 2.75) is 51.9 Å². The number of carbonyl (C=O) groups excluding carboxylic acids is 3. The van der Waals surface area contributed by atoms with Gasteiger partial charge in [-0.1, -0.05) is 13.8 Å². The van der Waals surface area contributed by atoms with Crippen LogP contribution in [0.2, 0.25) is 0 Å². The van der Waals surface area contributed by atoms with Gasteiger partial charge in [0.2, 0.25) is 17.7 Å². The number of aliphatic hydroxyl groups excluding tert-OH is 1. The number of hydrogen-bond donors (Lipinski definition) is 6. The molecule has 7 N–H and O–H groups in total. The van der Waals surface area contributed by atoms with E-state index in [1.54, 1.807) is 13.8 Å². The lowest BCUT2D eigenvalue weighted by Crippen LogP contribution is -2.58. The zero-order valence-corrected chi connectivity index (χ0v) is 14.2. The van der Waals surface area contributed by atoms with E-state index in [9.17, 15) is 24.3 Å². The van der Waals surface area contributed by atoms with Crippen LogP contribution in [0.25, 0.3) is 0 Å². The molecular formula is C14H26N4O6. The topological polar surface area (TPSA) is 171 Å². The van der Waals surface area contributed by atoms with E-state index >= 15 is 0 Å². The summed E-state index contributed by atoms with van der Waals surface area (Å²) in [6, 6.07) is -4.29. The summed E-state index contributed by atoms with van der Waals surface area (Å²) in [4.78, 5) is 46.5. The minimum absolute atomic E-state index is 0.298. The van der Waals surface area contributed by atoms with Gasteiger partial charge in [0, 0.05) is 0 Å². The van der Waals surface area contributed by atoms with E-state index in [-0.39, 0.29) is 5.92 Å². The molecule has 0 aromatic heterocycles. The van der Waals surface area contributed by atoms with Crippen molar-refractivity contribution < 1.29 is 29.4 Å². The third-order valence-electron chi connectivity index (χ3n) is 3.21. The zero-order valence-electron chi connectivity index (χ0n) is 14.2. The molecule has 24 heavy (non-hydrogen) atoms. The lowest BCUT2D eigenvalue weighted by Gasteiger charge is -2.25. The lowest BCUT2D eigenvalue weighted by atomic mass is 10.0. The first kappa shape index (κ1) is 21.8. The number of carbonyl (C=O) groups is 4. The number of nitrogens with two attached hydrogens (primary N) is 1. The van der Waals surface area contributed by atoms with Crippen LogP contribution in [0.5, 0.6) is 0 Å². The third-order valence-corrected chi connectivity index (χ3v) is 3.21. The maximum absolute atomic E-state index is 12.3. The Kier molecular flexibility index (Phi) is 8.93. The molecule has 10 heteroatoms. The molecule has 0 saturated carbocycles. The fraction of sp³-hybridized carbons (Fsp3) is 0.714. The minimum atomic E-state index is -1.34. The summed E-state index contributed by atoms with van der Waals surface area (Å²) in [5.74, 6) is -3.62. The summed E-state index contributed by atoms with van der Waals surface area (Å²) >= 11 is 0. The molecule has 0 aromatic rings. The fourth-order valence-electron chi connectivity index (χ4n) is 1.65. The van der Waals surface area contributed by atoms with E-state index < -0.39 is 54.5 Å². The van der Waals surface area contributed by atoms with Crippen LogP contribution in [0.4, 0.5) is 0 Å². The van der Waals surface area contributed by atoms with Crippen LogP contribution in [0.15, 0.2) is 0 Å². The number of nitrogens with one attached hydrogen (secondary N) is 3. The Hall–Kier alpha value is -2.20. The fourth-order valence-corrected chi connectivity index (χ4v) is 1.65. The van der Waals surface area contributed by atoms with Gasteiger partial charge in [-0.2, -0.15) is 0 Å². The van der Waals surface area contributed by atoms with Crippen molar-refractivity contribution in [3.63, 3.8) is 0 Å². The Morgan fingerprint density at radius 3 is 1.83 bits per heavy atom. The molecule has 138 valence electrons. The highest BCUT2D eigenvalue weighted by Gasteiger charge is 2.30. The number of rotatable bonds is 9. The number of hydrogen-bond acceptors (Lipinski definition) is 6. The number of aliphatic carboxylic acids is 1. The molecule has 0 rings (SSSR count). The van der Waals surface area contributed by atoms with Gasteiger partial charge < -0.3 is 31.9 Å². The standard InChI is InChI=1S/C14H26N4O6/c1-6(2)10(18-11(20)7(3)15)13(22)17-9(5-19)12(21)16-8(4)14(23)24/h6-10,19H,5,15H2,1-4H3,(H,16,21)(H,17,22)(H,18,20)(H,23,24). The maximum atomic E-state index is 12.3. The monoisotopic (exact) mass is 346 g/mol. The summed E-state index contributed by atoms with van der Waals surface area (Å²) in [6.45, 7) is 5.35. The molecule has 0 fully saturated rings. The van der Waals surface area contributed by atoms with E-state index in [1.165, 1.54) is 13.8 Å². The quantitative estimate of drug-likeness (QED) is 0.269. The number of carboxylic acid groups (broad SMARTS) is 1. The summed E-state index contributed by atoms with van der Waals surface area (Å²) in [5, 5.41) is 24.9. The molecule has 0 radical (unpaired) electrons. The van der Waals surface area contributed by atoms with E-state index in [0.29, 0.717) is 0 Å². The maximum Gasteiger partial charge on any atom is 0.325 e. The second-order valence-electron chi connectivity index (χ2n) is 5.83. The highest BCUT2D eigenvalue weighted by atomic mass is 16.4. The molecule has 4 atom stereocenters. The van der Waals surface area contributed by atoms with E-state index in [1.807, 2.05) is 0 Å². The van der Waals surface area contributed by atoms with Crippen molar-refractivity contribution in [1.29, 1.82) is 0 Å². The molecule has 0 heterocycles. The van der Waals surface area contributed by atoms with Crippen LogP contribution in [0, 0.1) is 5.92 Å². The molecule has 10 nitrogen and oxygen atoms in total. The Morgan fingerprint density at radius 2 is 1.46 bits per heavy atom. The molecule has 0 aliphatic rings. The molecule has 0 aliphatic heterocycles. The Labute approximate surface area is 140 Å². The second kappa shape index (κ2) is 9.83. The Bertz CT molecular complexity index is 480. The predicted octanol–water partition coefficient (Wildman–Crippen LogP) is -2.46. The van der Waals surface area contributed by atoms with Crippen LogP contribution in [-0.2, 0) is 19.2 Å². The largest absolute Gasteiger partial charge is 0.480 e. The SMILES string of the molecule is CC(N)C(=O)NC(C(=O)NC(CO)C(=O)NC(C)C(=O)O)C(C)C. The average molecular weight is 346 g/mol. The second-order valence-corrected chi connectivity index (χ2v) is 5.83. The Balaban J connectivity index is 4.94. The van der Waals surface area contributed by atoms with Crippen LogP contribution < -0.4 is 21.7 Å². The van der Waals surface area contributed by atoms with Gasteiger partial charge in [0.1, 0.15) is 18.1 Å². The van der Waals surface area contributed by atoms with Crippen LogP contribution in [-0.4, -0.2) is 64.7 Å². The molecule has 0 bridgehead atoms. The van der Waals surface area contributed by atoms with Crippen molar-refractivity contribution in [1.82, 2.24) is 16.0 Å². The first-order valence-electron chi connectivity index (χ1n) is 7.51. The number of amides is 3. The van der Waals surface area contributed by atoms with E-state index in [2.05, 4.69) is 16.0 Å². The van der Waals surface area contributed by atoms with Gasteiger partial charge in [-0.25, -0.2) is 0 Å². The van der Waals surface area contributed by atoms with Gasteiger partial charge in [0.25, 0.3) is 0 Å². The number of aliphatic hydroxyl groups is 1. The van der Waals surface area contributed by atoms with E-state index in [0.717, 1.165) is 0 Å². The van der Waals surface area contributed by atoms with Crippen LogP contribution in [0.1, 0.15) is 27.7 Å². The molecule has 4 unspecified atom stereocenters. The summed E-state index contributed by atoms with van der Waals surface area (Å²) in [6.07, 6.45) is 0. The molecular weight excluding hydrogens is 320 g/mol. The van der Waals surface area contributed by atoms with Crippen molar-refractivity contribution in [2.24, 2.45) is 11.7 Å². The summed E-state index contributed by atoms with van der Waals surface area (Å²) in [5.41, 5.74) is 5.44. The van der Waals surface area contributed by atoms with Crippen LogP contribution in [0.3, 0.4) is 0 Å². The smallest absolute Gasteiger partial charge is 0.325 e. The number of carboxylic acids is 1. The highest BCUT2D eigenvalue weighted by Crippen LogP contribution is 2.03. The minimum Gasteiger partial charge on any atom is -0.480 e. The summed E-state index contributed by atoms with van der Waals surface area (Å²) in [7, 11) is 0. The van der Waals surface area contributed by atoms with Crippen molar-refractivity contribution in [3.05, 3.63) is 0 Å². The average Bonchev–Trinajstić information content (AvgIpc) is 2.48. The molecule has 3 amide bonds. The lowest BCUT2D eigenvalue weighted by molar-refractivity contribution is -0.142. The van der Waals surface area contributed by atoms with Gasteiger partial charge in [0.05, 0.1) is 12.6 Å². The van der Waals surface area contributed by atoms with Gasteiger partial charge in [-0.15, -0.1) is 0 Å². The van der Waals surface area contributed by atoms with Gasteiger partial charge in [0.15, 0.2) is 0 Å².